The van der Waals surface area contributed by atoms with Crippen LogP contribution in [-0.4, -0.2) is 23.5 Å². The van der Waals surface area contributed by atoms with E-state index in [1.807, 2.05) is 30.3 Å². The molecule has 0 radical (unpaired) electrons. The Hall–Kier alpha value is -1.94. The zero-order chi connectivity index (χ0) is 13.2. The Labute approximate surface area is 112 Å². The maximum Gasteiger partial charge on any atom is 0.252 e. The molecule has 4 nitrogen and oxygen atoms in total. The normalized spacial score (nSPS) is 16.3. The van der Waals surface area contributed by atoms with E-state index in [0.29, 0.717) is 18.0 Å². The molecule has 1 saturated carbocycles. The fourth-order valence-electron chi connectivity index (χ4n) is 2.42. The van der Waals surface area contributed by atoms with Gasteiger partial charge in [0.15, 0.2) is 0 Å². The van der Waals surface area contributed by atoms with Crippen molar-refractivity contribution in [2.75, 3.05) is 6.54 Å². The molecule has 1 fully saturated rings. The highest BCUT2D eigenvalue weighted by Crippen LogP contribution is 2.32. The van der Waals surface area contributed by atoms with E-state index in [4.69, 9.17) is 5.73 Å². The van der Waals surface area contributed by atoms with Crippen LogP contribution in [0.15, 0.2) is 36.5 Å². The lowest BCUT2D eigenvalue weighted by atomic mass is 10.1. The Morgan fingerprint density at radius 1 is 1.37 bits per heavy atom. The van der Waals surface area contributed by atoms with E-state index < -0.39 is 0 Å². The van der Waals surface area contributed by atoms with Crippen LogP contribution in [0.3, 0.4) is 0 Å². The van der Waals surface area contributed by atoms with Crippen molar-refractivity contribution < 1.29 is 4.79 Å². The Morgan fingerprint density at radius 2 is 2.21 bits per heavy atom. The smallest absolute Gasteiger partial charge is 0.252 e. The third kappa shape index (κ3) is 2.44. The first-order valence-electron chi connectivity index (χ1n) is 6.64. The van der Waals surface area contributed by atoms with Gasteiger partial charge in [-0.05, 0) is 37.0 Å². The quantitative estimate of drug-likeness (QED) is 0.873. The monoisotopic (exact) mass is 255 g/mol. The minimum absolute atomic E-state index is 0.0547. The molecule has 1 unspecified atom stereocenters. The van der Waals surface area contributed by atoms with Crippen LogP contribution < -0.4 is 11.1 Å². The Balaban J connectivity index is 1.88. The lowest BCUT2D eigenvalue weighted by Crippen LogP contribution is -2.41. The fraction of sp³-hybridized carbons (Fsp3) is 0.333. The third-order valence-corrected chi connectivity index (χ3v) is 3.65. The second-order valence-corrected chi connectivity index (χ2v) is 5.03. The summed E-state index contributed by atoms with van der Waals surface area (Å²) in [5.41, 5.74) is 7.24. The van der Waals surface area contributed by atoms with Gasteiger partial charge in [-0.15, -0.1) is 0 Å². The van der Waals surface area contributed by atoms with E-state index in [1.165, 1.54) is 12.8 Å². The summed E-state index contributed by atoms with van der Waals surface area (Å²) in [4.78, 5) is 16.6. The molecule has 0 aliphatic heterocycles. The van der Waals surface area contributed by atoms with E-state index in [0.717, 1.165) is 10.9 Å². The minimum atomic E-state index is -0.0547. The summed E-state index contributed by atoms with van der Waals surface area (Å²) in [7, 11) is 0. The highest BCUT2D eigenvalue weighted by molar-refractivity contribution is 6.06. The number of pyridine rings is 1. The summed E-state index contributed by atoms with van der Waals surface area (Å²) < 4.78 is 0. The van der Waals surface area contributed by atoms with E-state index in [9.17, 15) is 4.79 Å². The highest BCUT2D eigenvalue weighted by atomic mass is 16.1. The standard InChI is InChI=1S/C15H17N3O/c16-9-14(10-6-7-10)18-15(19)12-3-1-5-13-11(12)4-2-8-17-13/h1-5,8,10,14H,6-7,9,16H2,(H,18,19). The van der Waals surface area contributed by atoms with Crippen LogP contribution in [0.25, 0.3) is 10.9 Å². The van der Waals surface area contributed by atoms with Crippen molar-refractivity contribution in [2.45, 2.75) is 18.9 Å². The van der Waals surface area contributed by atoms with Gasteiger partial charge in [-0.25, -0.2) is 0 Å². The third-order valence-electron chi connectivity index (χ3n) is 3.65. The van der Waals surface area contributed by atoms with Crippen LogP contribution in [0, 0.1) is 5.92 Å². The number of amides is 1. The molecule has 3 N–H and O–H groups in total. The van der Waals surface area contributed by atoms with E-state index in [2.05, 4.69) is 10.3 Å². The first-order chi connectivity index (χ1) is 9.29. The molecular formula is C15H17N3O. The molecule has 1 heterocycles. The SMILES string of the molecule is NCC(NC(=O)c1cccc2ncccc12)C1CC1. The van der Waals surface area contributed by atoms with Crippen molar-refractivity contribution in [2.24, 2.45) is 11.7 Å². The van der Waals surface area contributed by atoms with Gasteiger partial charge in [0.1, 0.15) is 0 Å². The van der Waals surface area contributed by atoms with Crippen molar-refractivity contribution in [3.05, 3.63) is 42.1 Å². The summed E-state index contributed by atoms with van der Waals surface area (Å²) in [6, 6.07) is 9.47. The predicted octanol–water partition coefficient (Wildman–Crippen LogP) is 1.70. The van der Waals surface area contributed by atoms with Gasteiger partial charge in [0, 0.05) is 29.7 Å². The molecule has 1 atom stereocenters. The van der Waals surface area contributed by atoms with Gasteiger partial charge in [-0.3, -0.25) is 9.78 Å². The molecule has 98 valence electrons. The number of aromatic nitrogens is 1. The van der Waals surface area contributed by atoms with Crippen molar-refractivity contribution >= 4 is 16.8 Å². The van der Waals surface area contributed by atoms with Gasteiger partial charge in [-0.1, -0.05) is 12.1 Å². The highest BCUT2D eigenvalue weighted by Gasteiger charge is 2.31. The lowest BCUT2D eigenvalue weighted by Gasteiger charge is -2.16. The summed E-state index contributed by atoms with van der Waals surface area (Å²) in [5, 5.41) is 3.93. The summed E-state index contributed by atoms with van der Waals surface area (Å²) in [5.74, 6) is 0.503. The van der Waals surface area contributed by atoms with Crippen molar-refractivity contribution in [1.82, 2.24) is 10.3 Å². The van der Waals surface area contributed by atoms with Crippen molar-refractivity contribution in [3.63, 3.8) is 0 Å². The van der Waals surface area contributed by atoms with Crippen LogP contribution >= 0.6 is 0 Å². The number of hydrogen-bond acceptors (Lipinski definition) is 3. The lowest BCUT2D eigenvalue weighted by molar-refractivity contribution is 0.0935. The Morgan fingerprint density at radius 3 is 2.95 bits per heavy atom. The van der Waals surface area contributed by atoms with Gasteiger partial charge in [0.05, 0.1) is 5.52 Å². The van der Waals surface area contributed by atoms with E-state index >= 15 is 0 Å². The van der Waals surface area contributed by atoms with Gasteiger partial charge in [-0.2, -0.15) is 0 Å². The molecule has 0 spiro atoms. The molecule has 0 saturated heterocycles. The molecule has 1 aliphatic carbocycles. The number of benzene rings is 1. The molecule has 1 aliphatic rings. The number of fused-ring (bicyclic) bond motifs is 1. The maximum atomic E-state index is 12.4. The molecule has 1 amide bonds. The first-order valence-corrected chi connectivity index (χ1v) is 6.64. The van der Waals surface area contributed by atoms with Crippen LogP contribution in [-0.2, 0) is 0 Å². The van der Waals surface area contributed by atoms with Gasteiger partial charge in [0.25, 0.3) is 5.91 Å². The molecular weight excluding hydrogens is 238 g/mol. The number of nitrogens with two attached hydrogens (primary N) is 1. The molecule has 3 rings (SSSR count). The molecule has 2 aromatic rings. The molecule has 19 heavy (non-hydrogen) atoms. The van der Waals surface area contributed by atoms with E-state index in [-0.39, 0.29) is 11.9 Å². The summed E-state index contributed by atoms with van der Waals surface area (Å²) in [6.07, 6.45) is 4.06. The van der Waals surface area contributed by atoms with Gasteiger partial charge >= 0.3 is 0 Å². The van der Waals surface area contributed by atoms with Crippen molar-refractivity contribution in [1.29, 1.82) is 0 Å². The number of nitrogens with one attached hydrogen (secondary N) is 1. The second-order valence-electron chi connectivity index (χ2n) is 5.03. The summed E-state index contributed by atoms with van der Waals surface area (Å²) in [6.45, 7) is 0.499. The summed E-state index contributed by atoms with van der Waals surface area (Å²) >= 11 is 0. The fourth-order valence-corrected chi connectivity index (χ4v) is 2.42. The number of carbonyl (C=O) groups excluding carboxylic acids is 1. The molecule has 1 aromatic heterocycles. The largest absolute Gasteiger partial charge is 0.348 e. The second kappa shape index (κ2) is 4.97. The topological polar surface area (TPSA) is 68.0 Å². The van der Waals surface area contributed by atoms with Crippen LogP contribution in [0.4, 0.5) is 0 Å². The Bertz CT molecular complexity index is 602. The van der Waals surface area contributed by atoms with Crippen molar-refractivity contribution in [3.8, 4) is 0 Å². The van der Waals surface area contributed by atoms with Crippen LogP contribution in [0.5, 0.6) is 0 Å². The molecule has 4 heteroatoms. The zero-order valence-electron chi connectivity index (χ0n) is 10.7. The Kier molecular flexibility index (Phi) is 3.17. The molecule has 1 aromatic carbocycles. The maximum absolute atomic E-state index is 12.4. The number of carbonyl (C=O) groups is 1. The van der Waals surface area contributed by atoms with Gasteiger partial charge < -0.3 is 11.1 Å². The number of hydrogen-bond donors (Lipinski definition) is 2. The number of nitrogens with zero attached hydrogens (tertiary/aromatic N) is 1. The van der Waals surface area contributed by atoms with Gasteiger partial charge in [0.2, 0.25) is 0 Å². The average Bonchev–Trinajstić information content (AvgIpc) is 3.28. The predicted molar refractivity (Wildman–Crippen MR) is 74.8 cm³/mol. The minimum Gasteiger partial charge on any atom is -0.348 e. The molecule has 0 bridgehead atoms. The van der Waals surface area contributed by atoms with Crippen LogP contribution in [0.2, 0.25) is 0 Å². The average molecular weight is 255 g/mol. The first kappa shape index (κ1) is 12.1. The van der Waals surface area contributed by atoms with Crippen LogP contribution in [0.1, 0.15) is 23.2 Å². The van der Waals surface area contributed by atoms with E-state index in [1.54, 1.807) is 6.20 Å². The zero-order valence-corrected chi connectivity index (χ0v) is 10.7. The number of rotatable bonds is 4.